The van der Waals surface area contributed by atoms with Gasteiger partial charge in [0.15, 0.2) is 0 Å². The van der Waals surface area contributed by atoms with E-state index in [2.05, 4.69) is 34.1 Å². The van der Waals surface area contributed by atoms with E-state index in [-0.39, 0.29) is 6.23 Å². The van der Waals surface area contributed by atoms with Gasteiger partial charge in [0.05, 0.1) is 22.0 Å². The minimum Gasteiger partial charge on any atom is -0.492 e. The fourth-order valence-corrected chi connectivity index (χ4v) is 3.07. The standard InChI is InChI=1S/C16H21BrN2O2/c1-2-3-9-21-16-12-11-19(15-6-4-5-10-20-15)18-14(12)8-7-13(16)17/h7-8,11,15H,2-6,9-10H2,1H3. The van der Waals surface area contributed by atoms with Gasteiger partial charge in [0.1, 0.15) is 12.0 Å². The second-order valence-electron chi connectivity index (χ2n) is 5.44. The lowest BCUT2D eigenvalue weighted by Crippen LogP contribution is -2.18. The summed E-state index contributed by atoms with van der Waals surface area (Å²) in [5.41, 5.74) is 0.957. The largest absolute Gasteiger partial charge is 0.492 e. The summed E-state index contributed by atoms with van der Waals surface area (Å²) in [6.45, 7) is 3.72. The summed E-state index contributed by atoms with van der Waals surface area (Å²) in [6, 6.07) is 4.02. The Kier molecular flexibility index (Phi) is 4.80. The van der Waals surface area contributed by atoms with Crippen LogP contribution in [0.25, 0.3) is 10.9 Å². The van der Waals surface area contributed by atoms with Crippen molar-refractivity contribution >= 4 is 26.8 Å². The predicted octanol–water partition coefficient (Wildman–Crippen LogP) is 4.68. The molecule has 0 bridgehead atoms. The van der Waals surface area contributed by atoms with Gasteiger partial charge in [-0.1, -0.05) is 13.3 Å². The van der Waals surface area contributed by atoms with Crippen molar-refractivity contribution in [3.05, 3.63) is 22.8 Å². The number of nitrogens with zero attached hydrogens (tertiary/aromatic N) is 2. The van der Waals surface area contributed by atoms with Crippen molar-refractivity contribution in [2.45, 2.75) is 45.3 Å². The van der Waals surface area contributed by atoms with E-state index in [1.54, 1.807) is 0 Å². The molecular weight excluding hydrogens is 332 g/mol. The van der Waals surface area contributed by atoms with Gasteiger partial charge in [0, 0.05) is 12.8 Å². The molecule has 1 aliphatic heterocycles. The molecule has 0 aliphatic carbocycles. The summed E-state index contributed by atoms with van der Waals surface area (Å²) in [7, 11) is 0. The van der Waals surface area contributed by atoms with Gasteiger partial charge in [-0.25, -0.2) is 4.68 Å². The fourth-order valence-electron chi connectivity index (χ4n) is 2.61. The summed E-state index contributed by atoms with van der Waals surface area (Å²) in [5, 5.41) is 5.71. The van der Waals surface area contributed by atoms with E-state index < -0.39 is 0 Å². The topological polar surface area (TPSA) is 36.3 Å². The molecule has 2 heterocycles. The van der Waals surface area contributed by atoms with Crippen molar-refractivity contribution < 1.29 is 9.47 Å². The molecule has 114 valence electrons. The average molecular weight is 353 g/mol. The minimum atomic E-state index is 0.0633. The Labute approximate surface area is 133 Å². The van der Waals surface area contributed by atoms with Crippen molar-refractivity contribution in [3.63, 3.8) is 0 Å². The van der Waals surface area contributed by atoms with Crippen LogP contribution >= 0.6 is 15.9 Å². The van der Waals surface area contributed by atoms with Crippen LogP contribution in [-0.2, 0) is 4.74 Å². The van der Waals surface area contributed by atoms with Crippen LogP contribution in [0.1, 0.15) is 45.3 Å². The Balaban J connectivity index is 1.90. The molecular formula is C16H21BrN2O2. The second kappa shape index (κ2) is 6.79. The molecule has 0 radical (unpaired) electrons. The van der Waals surface area contributed by atoms with E-state index in [0.717, 1.165) is 60.0 Å². The van der Waals surface area contributed by atoms with Crippen molar-refractivity contribution in [2.75, 3.05) is 13.2 Å². The number of ether oxygens (including phenoxy) is 2. The number of unbranched alkanes of at least 4 members (excludes halogenated alkanes) is 1. The first-order valence-electron chi connectivity index (χ1n) is 7.71. The number of rotatable bonds is 5. The molecule has 1 fully saturated rings. The van der Waals surface area contributed by atoms with Crippen LogP contribution < -0.4 is 4.74 Å². The molecule has 1 unspecified atom stereocenters. The maximum absolute atomic E-state index is 5.95. The summed E-state index contributed by atoms with van der Waals surface area (Å²) in [5.74, 6) is 0.892. The molecule has 1 atom stereocenters. The van der Waals surface area contributed by atoms with Gasteiger partial charge < -0.3 is 9.47 Å². The molecule has 3 rings (SSSR count). The molecule has 1 aromatic carbocycles. The van der Waals surface area contributed by atoms with E-state index in [9.17, 15) is 0 Å². The molecule has 1 aromatic heterocycles. The SMILES string of the molecule is CCCCOc1c(Br)ccc2nn(C3CCCCO3)cc12. The third-order valence-corrected chi connectivity index (χ3v) is 4.43. The normalized spacial score (nSPS) is 19.0. The number of hydrogen-bond acceptors (Lipinski definition) is 3. The molecule has 1 aliphatic rings. The predicted molar refractivity (Wildman–Crippen MR) is 86.7 cm³/mol. The molecule has 2 aromatic rings. The summed E-state index contributed by atoms with van der Waals surface area (Å²) < 4.78 is 14.7. The number of benzene rings is 1. The van der Waals surface area contributed by atoms with Gasteiger partial charge in [-0.3, -0.25) is 0 Å². The monoisotopic (exact) mass is 352 g/mol. The van der Waals surface area contributed by atoms with Crippen molar-refractivity contribution in [1.82, 2.24) is 9.78 Å². The Morgan fingerprint density at radius 1 is 1.43 bits per heavy atom. The van der Waals surface area contributed by atoms with Crippen LogP contribution in [-0.4, -0.2) is 23.0 Å². The molecule has 0 spiro atoms. The highest BCUT2D eigenvalue weighted by Gasteiger charge is 2.19. The van der Waals surface area contributed by atoms with Crippen LogP contribution in [0.2, 0.25) is 0 Å². The highest BCUT2D eigenvalue weighted by molar-refractivity contribution is 9.10. The zero-order valence-electron chi connectivity index (χ0n) is 12.3. The van der Waals surface area contributed by atoms with E-state index in [1.165, 1.54) is 6.42 Å². The highest BCUT2D eigenvalue weighted by atomic mass is 79.9. The van der Waals surface area contributed by atoms with Crippen LogP contribution in [0.5, 0.6) is 5.75 Å². The van der Waals surface area contributed by atoms with E-state index in [1.807, 2.05) is 16.8 Å². The fraction of sp³-hybridized carbons (Fsp3) is 0.562. The third-order valence-electron chi connectivity index (χ3n) is 3.80. The Morgan fingerprint density at radius 3 is 3.10 bits per heavy atom. The average Bonchev–Trinajstić information content (AvgIpc) is 2.95. The lowest BCUT2D eigenvalue weighted by atomic mass is 10.2. The molecule has 0 N–H and O–H groups in total. The Morgan fingerprint density at radius 2 is 2.33 bits per heavy atom. The maximum Gasteiger partial charge on any atom is 0.150 e. The van der Waals surface area contributed by atoms with Gasteiger partial charge in [-0.05, 0) is 53.7 Å². The summed E-state index contributed by atoms with van der Waals surface area (Å²) in [4.78, 5) is 0. The van der Waals surface area contributed by atoms with Gasteiger partial charge in [0.25, 0.3) is 0 Å². The lowest BCUT2D eigenvalue weighted by Gasteiger charge is -2.22. The lowest BCUT2D eigenvalue weighted by molar-refractivity contribution is -0.0390. The first-order valence-corrected chi connectivity index (χ1v) is 8.50. The molecule has 0 saturated carbocycles. The first kappa shape index (κ1) is 14.9. The van der Waals surface area contributed by atoms with Crippen LogP contribution in [0, 0.1) is 0 Å². The molecule has 21 heavy (non-hydrogen) atoms. The quantitative estimate of drug-likeness (QED) is 0.733. The van der Waals surface area contributed by atoms with Crippen LogP contribution in [0.4, 0.5) is 0 Å². The second-order valence-corrected chi connectivity index (χ2v) is 6.30. The molecule has 5 heteroatoms. The van der Waals surface area contributed by atoms with Crippen LogP contribution in [0.15, 0.2) is 22.8 Å². The Bertz CT molecular complexity index is 606. The number of fused-ring (bicyclic) bond motifs is 1. The van der Waals surface area contributed by atoms with Gasteiger partial charge >= 0.3 is 0 Å². The number of hydrogen-bond donors (Lipinski definition) is 0. The van der Waals surface area contributed by atoms with Crippen LogP contribution in [0.3, 0.4) is 0 Å². The van der Waals surface area contributed by atoms with Gasteiger partial charge in [-0.2, -0.15) is 5.10 Å². The van der Waals surface area contributed by atoms with Crippen molar-refractivity contribution in [3.8, 4) is 5.75 Å². The maximum atomic E-state index is 5.95. The van der Waals surface area contributed by atoms with Crippen molar-refractivity contribution in [2.24, 2.45) is 0 Å². The van der Waals surface area contributed by atoms with E-state index in [4.69, 9.17) is 9.47 Å². The number of halogens is 1. The van der Waals surface area contributed by atoms with E-state index >= 15 is 0 Å². The molecule has 1 saturated heterocycles. The summed E-state index contributed by atoms with van der Waals surface area (Å²) in [6.07, 6.45) is 7.68. The molecule has 4 nitrogen and oxygen atoms in total. The smallest absolute Gasteiger partial charge is 0.150 e. The minimum absolute atomic E-state index is 0.0633. The van der Waals surface area contributed by atoms with E-state index in [0.29, 0.717) is 0 Å². The third kappa shape index (κ3) is 3.24. The van der Waals surface area contributed by atoms with Crippen molar-refractivity contribution in [1.29, 1.82) is 0 Å². The first-order chi connectivity index (χ1) is 10.3. The number of aromatic nitrogens is 2. The molecule has 0 amide bonds. The highest BCUT2D eigenvalue weighted by Crippen LogP contribution is 2.35. The summed E-state index contributed by atoms with van der Waals surface area (Å²) >= 11 is 3.58. The Hall–Kier alpha value is -1.07. The zero-order chi connectivity index (χ0) is 14.7. The zero-order valence-corrected chi connectivity index (χ0v) is 13.9. The van der Waals surface area contributed by atoms with Gasteiger partial charge in [-0.15, -0.1) is 0 Å². The van der Waals surface area contributed by atoms with Gasteiger partial charge in [0.2, 0.25) is 0 Å².